The summed E-state index contributed by atoms with van der Waals surface area (Å²) >= 11 is 0. The molecule has 0 aliphatic carbocycles. The van der Waals surface area contributed by atoms with E-state index in [4.69, 9.17) is 4.74 Å². The van der Waals surface area contributed by atoms with Gasteiger partial charge in [0, 0.05) is 0 Å². The lowest BCUT2D eigenvalue weighted by molar-refractivity contribution is -0.142. The highest BCUT2D eigenvalue weighted by molar-refractivity contribution is 6.09. The van der Waals surface area contributed by atoms with Crippen LogP contribution >= 0.6 is 0 Å². The molecule has 0 aromatic heterocycles. The van der Waals surface area contributed by atoms with E-state index >= 15 is 0 Å². The van der Waals surface area contributed by atoms with Crippen LogP contribution < -0.4 is 0 Å². The van der Waals surface area contributed by atoms with Gasteiger partial charge in [0.2, 0.25) is 0 Å². The van der Waals surface area contributed by atoms with E-state index in [-0.39, 0.29) is 12.2 Å². The normalized spacial score (nSPS) is 12.2. The van der Waals surface area contributed by atoms with Crippen LogP contribution in [-0.2, 0) is 14.3 Å². The topological polar surface area (TPSA) is 63.6 Å². The number of allylic oxidation sites excluding steroid dienone is 2. The van der Waals surface area contributed by atoms with Crippen molar-refractivity contribution in [2.75, 3.05) is 6.61 Å². The van der Waals surface area contributed by atoms with E-state index in [1.807, 2.05) is 0 Å². The maximum absolute atomic E-state index is 13.3. The van der Waals surface area contributed by atoms with Crippen LogP contribution in [0.5, 0.6) is 0 Å². The van der Waals surface area contributed by atoms with Gasteiger partial charge in [-0.2, -0.15) is 0 Å². The Morgan fingerprint density at radius 2 is 1.52 bits per heavy atom. The highest BCUT2D eigenvalue weighted by Crippen LogP contribution is 2.15. The molecule has 6 heteroatoms. The van der Waals surface area contributed by atoms with Crippen LogP contribution in [0.15, 0.2) is 72.0 Å². The van der Waals surface area contributed by atoms with Gasteiger partial charge in [-0.15, -0.1) is 0 Å². The maximum atomic E-state index is 13.3. The molecule has 0 bridgehead atoms. The summed E-state index contributed by atoms with van der Waals surface area (Å²) in [7, 11) is 0. The molecular weight excluding hydrogens is 378 g/mol. The molecule has 0 aliphatic heterocycles. The SMILES string of the molecule is CCOC(=O)C/C(C(=O)/C=C/c1cccc(F)c1)=C(O)\C=C\c1cccc(F)c1. The van der Waals surface area contributed by atoms with E-state index in [1.54, 1.807) is 19.1 Å². The molecule has 2 rings (SSSR count). The Kier molecular flexibility index (Phi) is 8.03. The van der Waals surface area contributed by atoms with Gasteiger partial charge in [-0.05, 0) is 54.5 Å². The summed E-state index contributed by atoms with van der Waals surface area (Å²) in [6.45, 7) is 1.75. The molecule has 29 heavy (non-hydrogen) atoms. The number of esters is 1. The Balaban J connectivity index is 2.29. The predicted octanol–water partition coefficient (Wildman–Crippen LogP) is 5.03. The van der Waals surface area contributed by atoms with Gasteiger partial charge >= 0.3 is 5.97 Å². The molecule has 0 atom stereocenters. The Bertz CT molecular complexity index is 974. The van der Waals surface area contributed by atoms with Crippen molar-refractivity contribution in [2.45, 2.75) is 13.3 Å². The molecule has 0 unspecified atom stereocenters. The summed E-state index contributed by atoms with van der Waals surface area (Å²) in [5, 5.41) is 10.3. The Hall–Kier alpha value is -3.54. The van der Waals surface area contributed by atoms with Crippen LogP contribution in [-0.4, -0.2) is 23.5 Å². The van der Waals surface area contributed by atoms with Gasteiger partial charge in [-0.25, -0.2) is 8.78 Å². The Morgan fingerprint density at radius 3 is 2.03 bits per heavy atom. The first kappa shape index (κ1) is 21.8. The number of carbonyl (C=O) groups excluding carboxylic acids is 2. The number of aliphatic hydroxyl groups excluding tert-OH is 1. The number of benzene rings is 2. The molecule has 1 N–H and O–H groups in total. The minimum atomic E-state index is -0.680. The van der Waals surface area contributed by atoms with Gasteiger partial charge in [-0.1, -0.05) is 36.4 Å². The predicted molar refractivity (Wildman–Crippen MR) is 107 cm³/mol. The second-order valence-electron chi connectivity index (χ2n) is 5.99. The third-order valence-electron chi connectivity index (χ3n) is 3.79. The fourth-order valence-corrected chi connectivity index (χ4v) is 2.43. The quantitative estimate of drug-likeness (QED) is 0.293. The van der Waals surface area contributed by atoms with Gasteiger partial charge < -0.3 is 9.84 Å². The molecule has 0 amide bonds. The van der Waals surface area contributed by atoms with E-state index in [2.05, 4.69) is 0 Å². The van der Waals surface area contributed by atoms with E-state index in [0.717, 1.165) is 6.08 Å². The lowest BCUT2D eigenvalue weighted by atomic mass is 10.0. The zero-order valence-corrected chi connectivity index (χ0v) is 15.8. The van der Waals surface area contributed by atoms with Gasteiger partial charge in [0.15, 0.2) is 5.78 Å². The van der Waals surface area contributed by atoms with Crippen LogP contribution in [0.4, 0.5) is 8.78 Å². The van der Waals surface area contributed by atoms with Crippen LogP contribution in [0.3, 0.4) is 0 Å². The number of carbonyl (C=O) groups is 2. The van der Waals surface area contributed by atoms with Crippen LogP contribution in [0.1, 0.15) is 24.5 Å². The summed E-state index contributed by atoms with van der Waals surface area (Å²) < 4.78 is 31.4. The lowest BCUT2D eigenvalue weighted by Crippen LogP contribution is -2.11. The fourth-order valence-electron chi connectivity index (χ4n) is 2.43. The maximum Gasteiger partial charge on any atom is 0.310 e. The van der Waals surface area contributed by atoms with Gasteiger partial charge in [0.1, 0.15) is 17.4 Å². The summed E-state index contributed by atoms with van der Waals surface area (Å²) in [4.78, 5) is 24.4. The molecule has 0 spiro atoms. The molecule has 0 saturated carbocycles. The van der Waals surface area contributed by atoms with Gasteiger partial charge in [-0.3, -0.25) is 9.59 Å². The van der Waals surface area contributed by atoms with Crippen molar-refractivity contribution in [1.82, 2.24) is 0 Å². The average Bonchev–Trinajstić information content (AvgIpc) is 2.69. The summed E-state index contributed by atoms with van der Waals surface area (Å²) in [6, 6.07) is 11.3. The molecule has 2 aromatic rings. The largest absolute Gasteiger partial charge is 0.508 e. The van der Waals surface area contributed by atoms with Crippen molar-refractivity contribution < 1.29 is 28.2 Å². The number of ketones is 1. The van der Waals surface area contributed by atoms with Crippen LogP contribution in [0.2, 0.25) is 0 Å². The molecule has 0 radical (unpaired) electrons. The number of hydrogen-bond acceptors (Lipinski definition) is 4. The van der Waals surface area contributed by atoms with Crippen molar-refractivity contribution in [3.05, 3.63) is 94.8 Å². The van der Waals surface area contributed by atoms with Crippen molar-refractivity contribution in [3.8, 4) is 0 Å². The first-order chi connectivity index (χ1) is 13.9. The molecule has 2 aromatic carbocycles. The van der Waals surface area contributed by atoms with E-state index < -0.39 is 35.6 Å². The van der Waals surface area contributed by atoms with Crippen LogP contribution in [0.25, 0.3) is 12.2 Å². The number of rotatable bonds is 8. The standard InChI is InChI=1S/C23H20F2O4/c1-2-29-23(28)15-20(21(26)11-9-16-5-3-7-18(24)13-16)22(27)12-10-17-6-4-8-19(25)14-17/h3-14,26H,2,15H2,1H3/b11-9+,12-10+,21-20-. The van der Waals surface area contributed by atoms with Crippen LogP contribution in [0, 0.1) is 11.6 Å². The zero-order valence-electron chi connectivity index (χ0n) is 15.8. The first-order valence-corrected chi connectivity index (χ1v) is 8.88. The number of ether oxygens (including phenoxy) is 1. The van der Waals surface area contributed by atoms with Gasteiger partial charge in [0.25, 0.3) is 0 Å². The highest BCUT2D eigenvalue weighted by Gasteiger charge is 2.17. The first-order valence-electron chi connectivity index (χ1n) is 8.88. The minimum Gasteiger partial charge on any atom is -0.508 e. The lowest BCUT2D eigenvalue weighted by Gasteiger charge is -2.06. The number of hydrogen-bond donors (Lipinski definition) is 1. The number of halogens is 2. The summed E-state index contributed by atoms with van der Waals surface area (Å²) in [5.74, 6) is -2.67. The summed E-state index contributed by atoms with van der Waals surface area (Å²) in [5.41, 5.74) is 0.724. The number of aliphatic hydroxyl groups is 1. The van der Waals surface area contributed by atoms with Crippen molar-refractivity contribution >= 4 is 23.9 Å². The second-order valence-corrected chi connectivity index (χ2v) is 5.99. The second kappa shape index (κ2) is 10.7. The average molecular weight is 398 g/mol. The van der Waals surface area contributed by atoms with E-state index in [1.165, 1.54) is 54.6 Å². The Labute approximate surface area is 167 Å². The van der Waals surface area contributed by atoms with E-state index in [9.17, 15) is 23.5 Å². The summed E-state index contributed by atoms with van der Waals surface area (Å²) in [6.07, 6.45) is 4.68. The highest BCUT2D eigenvalue weighted by atomic mass is 19.1. The molecule has 0 fully saturated rings. The smallest absolute Gasteiger partial charge is 0.310 e. The molecule has 4 nitrogen and oxygen atoms in total. The third-order valence-corrected chi connectivity index (χ3v) is 3.79. The molecule has 0 saturated heterocycles. The Morgan fingerprint density at radius 1 is 0.966 bits per heavy atom. The third kappa shape index (κ3) is 7.18. The molecule has 150 valence electrons. The van der Waals surface area contributed by atoms with E-state index in [0.29, 0.717) is 11.1 Å². The zero-order chi connectivity index (χ0) is 21.2. The molecule has 0 aliphatic rings. The molecular formula is C23H20F2O4. The monoisotopic (exact) mass is 398 g/mol. The van der Waals surface area contributed by atoms with Gasteiger partial charge in [0.05, 0.1) is 18.6 Å². The molecule has 0 heterocycles. The fraction of sp³-hybridized carbons (Fsp3) is 0.130. The minimum absolute atomic E-state index is 0.124. The van der Waals surface area contributed by atoms with Crippen molar-refractivity contribution in [1.29, 1.82) is 0 Å². The van der Waals surface area contributed by atoms with Crippen molar-refractivity contribution in [2.24, 2.45) is 0 Å². The van der Waals surface area contributed by atoms with Crippen molar-refractivity contribution in [3.63, 3.8) is 0 Å².